The number of nitrogens with one attached hydrogen (secondary N) is 2. The Morgan fingerprint density at radius 3 is 2.33 bits per heavy atom. The van der Waals surface area contributed by atoms with Gasteiger partial charge in [-0.05, 0) is 30.2 Å². The van der Waals surface area contributed by atoms with E-state index in [1.807, 2.05) is 24.3 Å². The van der Waals surface area contributed by atoms with Crippen molar-refractivity contribution in [2.24, 2.45) is 5.92 Å². The van der Waals surface area contributed by atoms with E-state index in [0.717, 1.165) is 22.4 Å². The highest BCUT2D eigenvalue weighted by Crippen LogP contribution is 2.25. The number of H-pyrrole nitrogens is 1. The van der Waals surface area contributed by atoms with Crippen LogP contribution in [0.1, 0.15) is 59.3 Å². The van der Waals surface area contributed by atoms with E-state index in [2.05, 4.69) is 29.1 Å². The summed E-state index contributed by atoms with van der Waals surface area (Å²) in [6, 6.07) is 14.2. The molecular weight excluding hydrogens is 380 g/mol. The molecule has 3 amide bonds. The van der Waals surface area contributed by atoms with Gasteiger partial charge in [0.1, 0.15) is 5.82 Å². The zero-order chi connectivity index (χ0) is 21.3. The summed E-state index contributed by atoms with van der Waals surface area (Å²) >= 11 is 0. The van der Waals surface area contributed by atoms with E-state index in [0.29, 0.717) is 17.0 Å². The molecule has 154 valence electrons. The van der Waals surface area contributed by atoms with Crippen LogP contribution in [0.4, 0.5) is 0 Å². The molecule has 2 atom stereocenters. The highest BCUT2D eigenvalue weighted by Gasteiger charge is 2.35. The number of para-hydroxylation sites is 2. The van der Waals surface area contributed by atoms with Gasteiger partial charge in [-0.2, -0.15) is 0 Å². The molecule has 2 heterocycles. The van der Waals surface area contributed by atoms with Crippen molar-refractivity contribution in [3.63, 3.8) is 0 Å². The largest absolute Gasteiger partial charge is 0.346 e. The van der Waals surface area contributed by atoms with Crippen LogP contribution in [0.2, 0.25) is 0 Å². The van der Waals surface area contributed by atoms with E-state index in [4.69, 9.17) is 0 Å². The average Bonchev–Trinajstić information content (AvgIpc) is 3.30. The van der Waals surface area contributed by atoms with Crippen LogP contribution in [0, 0.1) is 5.92 Å². The summed E-state index contributed by atoms with van der Waals surface area (Å²) in [4.78, 5) is 46.7. The molecule has 1 aliphatic rings. The predicted octanol–water partition coefficient (Wildman–Crippen LogP) is 3.45. The standard InChI is InChI=1S/C23H24N4O3/c1-3-14(2)20(21-24-17-10-6-7-11-18(17)25-21)26-19(28)12-13-27-22(29)15-8-4-5-9-16(15)23(27)30/h4-11,14,20H,3,12-13H2,1-2H3,(H,24,25)(H,26,28). The van der Waals surface area contributed by atoms with Crippen LogP contribution in [0.5, 0.6) is 0 Å². The zero-order valence-corrected chi connectivity index (χ0v) is 17.0. The topological polar surface area (TPSA) is 95.2 Å². The lowest BCUT2D eigenvalue weighted by Crippen LogP contribution is -2.37. The van der Waals surface area contributed by atoms with E-state index in [1.165, 1.54) is 0 Å². The number of fused-ring (bicyclic) bond motifs is 2. The van der Waals surface area contributed by atoms with E-state index in [9.17, 15) is 14.4 Å². The third-order valence-corrected chi connectivity index (χ3v) is 5.67. The number of benzene rings is 2. The van der Waals surface area contributed by atoms with E-state index < -0.39 is 0 Å². The Morgan fingerprint density at radius 2 is 1.70 bits per heavy atom. The lowest BCUT2D eigenvalue weighted by Gasteiger charge is -2.23. The number of imide groups is 1. The van der Waals surface area contributed by atoms with Gasteiger partial charge in [0.25, 0.3) is 11.8 Å². The number of hydrogen-bond acceptors (Lipinski definition) is 4. The number of amides is 3. The van der Waals surface area contributed by atoms with Crippen LogP contribution in [-0.2, 0) is 4.79 Å². The molecule has 7 nitrogen and oxygen atoms in total. The van der Waals surface area contributed by atoms with Gasteiger partial charge < -0.3 is 10.3 Å². The highest BCUT2D eigenvalue weighted by atomic mass is 16.2. The summed E-state index contributed by atoms with van der Waals surface area (Å²) in [5, 5.41) is 3.04. The number of carbonyl (C=O) groups excluding carboxylic acids is 3. The Hall–Kier alpha value is -3.48. The minimum atomic E-state index is -0.348. The highest BCUT2D eigenvalue weighted by molar-refractivity contribution is 6.21. The first-order chi connectivity index (χ1) is 14.5. The number of hydrogen-bond donors (Lipinski definition) is 2. The fraction of sp³-hybridized carbons (Fsp3) is 0.304. The quantitative estimate of drug-likeness (QED) is 0.590. The molecule has 3 aromatic rings. The second kappa shape index (κ2) is 8.10. The van der Waals surface area contributed by atoms with Gasteiger partial charge in [0.05, 0.1) is 28.2 Å². The molecule has 30 heavy (non-hydrogen) atoms. The number of rotatable bonds is 7. The van der Waals surface area contributed by atoms with Crippen molar-refractivity contribution in [2.45, 2.75) is 32.7 Å². The Labute approximate surface area is 174 Å². The van der Waals surface area contributed by atoms with Crippen molar-refractivity contribution < 1.29 is 14.4 Å². The maximum atomic E-state index is 12.7. The maximum Gasteiger partial charge on any atom is 0.261 e. The molecule has 0 saturated heterocycles. The van der Waals surface area contributed by atoms with E-state index >= 15 is 0 Å². The molecule has 0 aliphatic carbocycles. The lowest BCUT2D eigenvalue weighted by atomic mass is 9.98. The normalized spacial score (nSPS) is 15.3. The molecule has 0 bridgehead atoms. The van der Waals surface area contributed by atoms with Crippen molar-refractivity contribution in [2.75, 3.05) is 6.54 Å². The molecule has 2 N–H and O–H groups in total. The molecule has 4 rings (SSSR count). The molecule has 0 fully saturated rings. The van der Waals surface area contributed by atoms with Gasteiger partial charge >= 0.3 is 0 Å². The summed E-state index contributed by atoms with van der Waals surface area (Å²) in [5.41, 5.74) is 2.55. The van der Waals surface area contributed by atoms with Crippen LogP contribution in [-0.4, -0.2) is 39.1 Å². The maximum absolute atomic E-state index is 12.7. The van der Waals surface area contributed by atoms with Gasteiger partial charge in [-0.1, -0.05) is 44.5 Å². The minimum Gasteiger partial charge on any atom is -0.346 e. The Balaban J connectivity index is 1.45. The summed E-state index contributed by atoms with van der Waals surface area (Å²) < 4.78 is 0. The van der Waals surface area contributed by atoms with Gasteiger partial charge in [-0.25, -0.2) is 4.98 Å². The molecule has 1 aliphatic heterocycles. The number of aromatic nitrogens is 2. The monoisotopic (exact) mass is 404 g/mol. The zero-order valence-electron chi connectivity index (χ0n) is 17.0. The van der Waals surface area contributed by atoms with E-state index in [-0.39, 0.29) is 42.6 Å². The summed E-state index contributed by atoms with van der Waals surface area (Å²) in [5.74, 6) is -0.0518. The second-order valence-corrected chi connectivity index (χ2v) is 7.63. The molecule has 0 radical (unpaired) electrons. The van der Waals surface area contributed by atoms with Crippen LogP contribution in [0.25, 0.3) is 11.0 Å². The Morgan fingerprint density at radius 1 is 1.07 bits per heavy atom. The third kappa shape index (κ3) is 3.58. The lowest BCUT2D eigenvalue weighted by molar-refractivity contribution is -0.122. The molecule has 2 unspecified atom stereocenters. The Bertz CT molecular complexity index is 1050. The van der Waals surface area contributed by atoms with E-state index in [1.54, 1.807) is 24.3 Å². The Kier molecular flexibility index (Phi) is 5.35. The van der Waals surface area contributed by atoms with Crippen molar-refractivity contribution in [1.29, 1.82) is 0 Å². The first kappa shape index (κ1) is 19.8. The number of carbonyl (C=O) groups is 3. The molecule has 7 heteroatoms. The molecule has 0 spiro atoms. The summed E-state index contributed by atoms with van der Waals surface area (Å²) in [6.45, 7) is 4.17. The third-order valence-electron chi connectivity index (χ3n) is 5.67. The SMILES string of the molecule is CCC(C)C(NC(=O)CCN1C(=O)c2ccccc2C1=O)c1nc2ccccc2[nH]1. The van der Waals surface area contributed by atoms with Crippen LogP contribution in [0.3, 0.4) is 0 Å². The molecule has 2 aromatic carbocycles. The fourth-order valence-electron chi connectivity index (χ4n) is 3.74. The summed E-state index contributed by atoms with van der Waals surface area (Å²) in [6.07, 6.45) is 0.902. The number of nitrogens with zero attached hydrogens (tertiary/aromatic N) is 2. The molecule has 1 aromatic heterocycles. The first-order valence-electron chi connectivity index (χ1n) is 10.2. The van der Waals surface area contributed by atoms with Crippen LogP contribution < -0.4 is 5.32 Å². The van der Waals surface area contributed by atoms with Crippen LogP contribution in [0.15, 0.2) is 48.5 Å². The van der Waals surface area contributed by atoms with Crippen LogP contribution >= 0.6 is 0 Å². The summed E-state index contributed by atoms with van der Waals surface area (Å²) in [7, 11) is 0. The molecule has 0 saturated carbocycles. The van der Waals surface area contributed by atoms with Gasteiger partial charge in [0.15, 0.2) is 0 Å². The number of imidazole rings is 1. The van der Waals surface area contributed by atoms with Crippen molar-refractivity contribution in [1.82, 2.24) is 20.2 Å². The second-order valence-electron chi connectivity index (χ2n) is 7.63. The van der Waals surface area contributed by atoms with Crippen molar-refractivity contribution in [3.8, 4) is 0 Å². The minimum absolute atomic E-state index is 0.0403. The van der Waals surface area contributed by atoms with Crippen molar-refractivity contribution in [3.05, 3.63) is 65.5 Å². The number of aromatic amines is 1. The fourth-order valence-corrected chi connectivity index (χ4v) is 3.74. The first-order valence-corrected chi connectivity index (χ1v) is 10.2. The van der Waals surface area contributed by atoms with Crippen molar-refractivity contribution >= 4 is 28.8 Å². The predicted molar refractivity (Wildman–Crippen MR) is 113 cm³/mol. The smallest absolute Gasteiger partial charge is 0.261 e. The van der Waals surface area contributed by atoms with Gasteiger partial charge in [-0.3, -0.25) is 19.3 Å². The van der Waals surface area contributed by atoms with Gasteiger partial charge in [-0.15, -0.1) is 0 Å². The van der Waals surface area contributed by atoms with Gasteiger partial charge in [0.2, 0.25) is 5.91 Å². The molecular formula is C23H24N4O3. The average molecular weight is 404 g/mol. The van der Waals surface area contributed by atoms with Gasteiger partial charge in [0, 0.05) is 13.0 Å².